The summed E-state index contributed by atoms with van der Waals surface area (Å²) in [5.41, 5.74) is 5.90. The molecule has 2 heterocycles. The summed E-state index contributed by atoms with van der Waals surface area (Å²) in [4.78, 5) is 4.03. The van der Waals surface area contributed by atoms with Gasteiger partial charge in [-0.05, 0) is 25.0 Å². The van der Waals surface area contributed by atoms with Crippen molar-refractivity contribution in [3.63, 3.8) is 0 Å². The van der Waals surface area contributed by atoms with E-state index >= 15 is 0 Å². The summed E-state index contributed by atoms with van der Waals surface area (Å²) in [5, 5.41) is 10.4. The first-order valence-corrected chi connectivity index (χ1v) is 5.59. The molecule has 1 aliphatic heterocycles. The molecule has 1 fully saturated rings. The second kappa shape index (κ2) is 4.39. The molecule has 4 nitrogen and oxygen atoms in total. The van der Waals surface area contributed by atoms with Crippen molar-refractivity contribution in [2.45, 2.75) is 25.4 Å². The molecule has 1 aromatic heterocycles. The van der Waals surface area contributed by atoms with E-state index in [1.165, 1.54) is 0 Å². The van der Waals surface area contributed by atoms with Gasteiger partial charge in [0.05, 0.1) is 12.2 Å². The second-order valence-corrected chi connectivity index (χ2v) is 4.64. The first kappa shape index (κ1) is 11.4. The highest BCUT2D eigenvalue weighted by Gasteiger charge is 2.35. The number of aliphatic hydroxyl groups is 1. The van der Waals surface area contributed by atoms with Gasteiger partial charge in [-0.2, -0.15) is 0 Å². The molecule has 1 saturated heterocycles. The van der Waals surface area contributed by atoms with Crippen molar-refractivity contribution in [1.29, 1.82) is 0 Å². The molecular formula is C12H18N2O2. The van der Waals surface area contributed by atoms with Crippen LogP contribution < -0.4 is 5.73 Å². The van der Waals surface area contributed by atoms with Crippen LogP contribution in [0, 0.1) is 5.92 Å². The Morgan fingerprint density at radius 2 is 2.50 bits per heavy atom. The molecule has 4 heteroatoms. The molecule has 3 N–H and O–H groups in total. The van der Waals surface area contributed by atoms with Gasteiger partial charge in [0, 0.05) is 25.1 Å². The van der Waals surface area contributed by atoms with Crippen LogP contribution in [0.15, 0.2) is 18.3 Å². The van der Waals surface area contributed by atoms with Gasteiger partial charge in [0.2, 0.25) is 0 Å². The number of hydrogen-bond acceptors (Lipinski definition) is 4. The minimum atomic E-state index is -0.770. The Kier molecular flexibility index (Phi) is 3.12. The number of hydrogen-bond donors (Lipinski definition) is 2. The molecule has 0 spiro atoms. The minimum Gasteiger partial charge on any atom is -0.389 e. The Bertz CT molecular complexity index is 360. The third-order valence-corrected chi connectivity index (χ3v) is 3.28. The van der Waals surface area contributed by atoms with E-state index in [2.05, 4.69) is 4.98 Å². The summed E-state index contributed by atoms with van der Waals surface area (Å²) in [5.74, 6) is 0.689. The first-order valence-electron chi connectivity index (χ1n) is 5.59. The van der Waals surface area contributed by atoms with Crippen LogP contribution in [-0.4, -0.2) is 28.9 Å². The van der Waals surface area contributed by atoms with Gasteiger partial charge in [-0.1, -0.05) is 6.07 Å². The summed E-state index contributed by atoms with van der Waals surface area (Å²) in [6.07, 6.45) is 3.10. The predicted molar refractivity (Wildman–Crippen MR) is 61.9 cm³/mol. The Labute approximate surface area is 95.4 Å². The average Bonchev–Trinajstić information content (AvgIpc) is 2.75. The molecule has 16 heavy (non-hydrogen) atoms. The Morgan fingerprint density at radius 3 is 3.12 bits per heavy atom. The summed E-state index contributed by atoms with van der Waals surface area (Å²) in [6, 6.07) is 3.75. The van der Waals surface area contributed by atoms with Gasteiger partial charge in [0.1, 0.15) is 5.82 Å². The Hall–Kier alpha value is -1.13. The van der Waals surface area contributed by atoms with Crippen LogP contribution in [0.3, 0.4) is 0 Å². The highest BCUT2D eigenvalue weighted by atomic mass is 16.5. The molecule has 2 atom stereocenters. The molecule has 88 valence electrons. The normalized spacial score (nSPS) is 24.2. The van der Waals surface area contributed by atoms with Crippen LogP contribution >= 0.6 is 0 Å². The zero-order valence-corrected chi connectivity index (χ0v) is 9.52. The maximum absolute atomic E-state index is 10.4. The molecule has 1 aromatic rings. The number of ether oxygens (including phenoxy) is 1. The van der Waals surface area contributed by atoms with E-state index < -0.39 is 5.60 Å². The Morgan fingerprint density at radius 1 is 1.69 bits per heavy atom. The third kappa shape index (κ3) is 2.33. The predicted octanol–water partition coefficient (Wildman–Crippen LogP) is 0.994. The largest absolute Gasteiger partial charge is 0.389 e. The van der Waals surface area contributed by atoms with Crippen LogP contribution in [-0.2, 0) is 11.2 Å². The van der Waals surface area contributed by atoms with Gasteiger partial charge in [-0.25, -0.2) is 4.98 Å². The van der Waals surface area contributed by atoms with Gasteiger partial charge in [0.25, 0.3) is 0 Å². The Balaban J connectivity index is 2.10. The standard InChI is InChI=1S/C12H18N2O2/c1-12(15,10-4-6-16-8-10)7-9-3-2-5-14-11(9)13/h2-3,5,10,15H,4,6-8H2,1H3,(H2,13,14). The highest BCUT2D eigenvalue weighted by Crippen LogP contribution is 2.29. The average molecular weight is 222 g/mol. The first-order chi connectivity index (χ1) is 7.59. The number of nitrogens with two attached hydrogens (primary N) is 1. The van der Waals surface area contributed by atoms with Gasteiger partial charge in [-0.15, -0.1) is 0 Å². The van der Waals surface area contributed by atoms with Crippen LogP contribution in [0.1, 0.15) is 18.9 Å². The lowest BCUT2D eigenvalue weighted by molar-refractivity contribution is -0.00446. The molecule has 2 unspecified atom stereocenters. The van der Waals surface area contributed by atoms with Gasteiger partial charge < -0.3 is 15.6 Å². The smallest absolute Gasteiger partial charge is 0.126 e. The van der Waals surface area contributed by atoms with Crippen LogP contribution in [0.5, 0.6) is 0 Å². The van der Waals surface area contributed by atoms with Crippen LogP contribution in [0.4, 0.5) is 5.82 Å². The zero-order valence-electron chi connectivity index (χ0n) is 9.52. The van der Waals surface area contributed by atoms with Gasteiger partial charge >= 0.3 is 0 Å². The summed E-state index contributed by atoms with van der Waals surface area (Å²) in [6.45, 7) is 3.22. The van der Waals surface area contributed by atoms with E-state index in [-0.39, 0.29) is 5.92 Å². The lowest BCUT2D eigenvalue weighted by Gasteiger charge is -2.29. The molecular weight excluding hydrogens is 204 g/mol. The van der Waals surface area contributed by atoms with Crippen molar-refractivity contribution in [2.75, 3.05) is 18.9 Å². The molecule has 2 rings (SSSR count). The lowest BCUT2D eigenvalue weighted by atomic mass is 9.83. The molecule has 0 radical (unpaired) electrons. The van der Waals surface area contributed by atoms with Crippen molar-refractivity contribution in [2.24, 2.45) is 5.92 Å². The lowest BCUT2D eigenvalue weighted by Crippen LogP contribution is -2.37. The topological polar surface area (TPSA) is 68.4 Å². The van der Waals surface area contributed by atoms with Crippen molar-refractivity contribution in [1.82, 2.24) is 4.98 Å². The summed E-state index contributed by atoms with van der Waals surface area (Å²) >= 11 is 0. The fraction of sp³-hybridized carbons (Fsp3) is 0.583. The monoisotopic (exact) mass is 222 g/mol. The summed E-state index contributed by atoms with van der Waals surface area (Å²) in [7, 11) is 0. The van der Waals surface area contributed by atoms with Gasteiger partial charge in [0.15, 0.2) is 0 Å². The molecule has 0 saturated carbocycles. The number of aromatic nitrogens is 1. The van der Waals surface area contributed by atoms with E-state index in [0.717, 1.165) is 18.6 Å². The van der Waals surface area contributed by atoms with E-state index in [0.29, 0.717) is 18.8 Å². The zero-order chi connectivity index (χ0) is 11.6. The van der Waals surface area contributed by atoms with E-state index in [1.807, 2.05) is 19.1 Å². The fourth-order valence-corrected chi connectivity index (χ4v) is 2.16. The maximum Gasteiger partial charge on any atom is 0.126 e. The highest BCUT2D eigenvalue weighted by molar-refractivity contribution is 5.39. The summed E-state index contributed by atoms with van der Waals surface area (Å²) < 4.78 is 5.30. The van der Waals surface area contributed by atoms with E-state index in [4.69, 9.17) is 10.5 Å². The quantitative estimate of drug-likeness (QED) is 0.800. The number of nitrogens with zero attached hydrogens (tertiary/aromatic N) is 1. The second-order valence-electron chi connectivity index (χ2n) is 4.64. The number of rotatable bonds is 3. The van der Waals surface area contributed by atoms with Gasteiger partial charge in [-0.3, -0.25) is 0 Å². The molecule has 0 aromatic carbocycles. The van der Waals surface area contributed by atoms with Crippen molar-refractivity contribution < 1.29 is 9.84 Å². The number of nitrogen functional groups attached to an aromatic ring is 1. The maximum atomic E-state index is 10.4. The van der Waals surface area contributed by atoms with Crippen LogP contribution in [0.25, 0.3) is 0 Å². The molecule has 0 bridgehead atoms. The van der Waals surface area contributed by atoms with Crippen molar-refractivity contribution in [3.8, 4) is 0 Å². The molecule has 0 aliphatic carbocycles. The molecule has 0 amide bonds. The SMILES string of the molecule is CC(O)(Cc1cccnc1N)C1CCOC1. The van der Waals surface area contributed by atoms with Crippen molar-refractivity contribution in [3.05, 3.63) is 23.9 Å². The van der Waals surface area contributed by atoms with E-state index in [1.54, 1.807) is 6.20 Å². The molecule has 1 aliphatic rings. The fourth-order valence-electron chi connectivity index (χ4n) is 2.16. The number of pyridine rings is 1. The third-order valence-electron chi connectivity index (χ3n) is 3.28. The minimum absolute atomic E-state index is 0.187. The van der Waals surface area contributed by atoms with Crippen molar-refractivity contribution >= 4 is 5.82 Å². The number of anilines is 1. The van der Waals surface area contributed by atoms with Crippen LogP contribution in [0.2, 0.25) is 0 Å². The van der Waals surface area contributed by atoms with E-state index in [9.17, 15) is 5.11 Å².